The van der Waals surface area contributed by atoms with Crippen molar-refractivity contribution in [3.8, 4) is 0 Å². The fourth-order valence-corrected chi connectivity index (χ4v) is 2.37. The largest absolute Gasteiger partial charge is 0.326 e. The Kier molecular flexibility index (Phi) is 6.91. The maximum absolute atomic E-state index is 6.34. The third-order valence-electron chi connectivity index (χ3n) is 3.52. The lowest BCUT2D eigenvalue weighted by molar-refractivity contribution is 0.175. The quantitative estimate of drug-likeness (QED) is 0.770. The molecule has 1 rings (SSSR count). The molecule has 0 bridgehead atoms. The van der Waals surface area contributed by atoms with Crippen molar-refractivity contribution in [1.82, 2.24) is 9.88 Å². The van der Waals surface area contributed by atoms with Crippen molar-refractivity contribution >= 4 is 0 Å². The maximum atomic E-state index is 6.34. The molecule has 0 aliphatic rings. The molecule has 102 valence electrons. The minimum absolute atomic E-state index is 0.184. The highest BCUT2D eigenvalue weighted by Crippen LogP contribution is 2.24. The molecule has 2 unspecified atom stereocenters. The van der Waals surface area contributed by atoms with E-state index in [9.17, 15) is 0 Å². The topological polar surface area (TPSA) is 42.2 Å². The van der Waals surface area contributed by atoms with Gasteiger partial charge in [0.25, 0.3) is 0 Å². The molecule has 0 spiro atoms. The fraction of sp³-hybridized carbons (Fsp3) is 0.667. The highest BCUT2D eigenvalue weighted by atomic mass is 15.2. The normalized spacial score (nSPS) is 14.7. The number of rotatable bonds is 8. The van der Waals surface area contributed by atoms with Crippen molar-refractivity contribution in [2.24, 2.45) is 5.73 Å². The molecule has 0 aliphatic carbocycles. The third kappa shape index (κ3) is 4.07. The van der Waals surface area contributed by atoms with Gasteiger partial charge in [-0.05, 0) is 43.6 Å². The molecule has 3 heteroatoms. The zero-order chi connectivity index (χ0) is 13.4. The Morgan fingerprint density at radius 1 is 1.22 bits per heavy atom. The molecule has 1 heterocycles. The molecule has 2 N–H and O–H groups in total. The van der Waals surface area contributed by atoms with E-state index in [4.69, 9.17) is 5.73 Å². The molecule has 1 aromatic rings. The van der Waals surface area contributed by atoms with Crippen LogP contribution in [0.1, 0.15) is 51.6 Å². The third-order valence-corrected chi connectivity index (χ3v) is 3.52. The maximum Gasteiger partial charge on any atom is 0.0500 e. The minimum Gasteiger partial charge on any atom is -0.326 e. The molecule has 0 amide bonds. The van der Waals surface area contributed by atoms with Gasteiger partial charge in [0, 0.05) is 24.5 Å². The smallest absolute Gasteiger partial charge is 0.0500 e. The summed E-state index contributed by atoms with van der Waals surface area (Å²) in [5, 5.41) is 0. The molecule has 0 fully saturated rings. The Balaban J connectivity index is 2.89. The first-order valence-electron chi connectivity index (χ1n) is 7.14. The van der Waals surface area contributed by atoms with Crippen molar-refractivity contribution in [1.29, 1.82) is 0 Å². The molecular formula is C15H27N3. The number of unbranched alkanes of at least 4 members (excludes halogenated alkanes) is 1. The average molecular weight is 249 g/mol. The molecule has 2 atom stereocenters. The lowest BCUT2D eigenvalue weighted by Crippen LogP contribution is -2.41. The van der Waals surface area contributed by atoms with Gasteiger partial charge in [0.1, 0.15) is 0 Å². The SMILES string of the molecule is CCCCN(CC)C(c1ccncc1)C(N)CC. The first kappa shape index (κ1) is 15.1. The molecular weight excluding hydrogens is 222 g/mol. The summed E-state index contributed by atoms with van der Waals surface area (Å²) < 4.78 is 0. The number of likely N-dealkylation sites (N-methyl/N-ethyl adjacent to an activating group) is 1. The van der Waals surface area contributed by atoms with Gasteiger partial charge in [-0.3, -0.25) is 9.88 Å². The molecule has 0 radical (unpaired) electrons. The van der Waals surface area contributed by atoms with Crippen molar-refractivity contribution < 1.29 is 0 Å². The summed E-state index contributed by atoms with van der Waals surface area (Å²) in [7, 11) is 0. The molecule has 0 aliphatic heterocycles. The lowest BCUT2D eigenvalue weighted by Gasteiger charge is -2.35. The van der Waals surface area contributed by atoms with Gasteiger partial charge in [-0.25, -0.2) is 0 Å². The van der Waals surface area contributed by atoms with Gasteiger partial charge < -0.3 is 5.73 Å². The highest BCUT2D eigenvalue weighted by Gasteiger charge is 2.24. The van der Waals surface area contributed by atoms with Crippen LogP contribution in [0.4, 0.5) is 0 Å². The van der Waals surface area contributed by atoms with Crippen LogP contribution in [0.25, 0.3) is 0 Å². The Morgan fingerprint density at radius 2 is 1.89 bits per heavy atom. The molecule has 3 nitrogen and oxygen atoms in total. The highest BCUT2D eigenvalue weighted by molar-refractivity contribution is 5.17. The minimum atomic E-state index is 0.184. The predicted octanol–water partition coefficient (Wildman–Crippen LogP) is 2.98. The summed E-state index contributed by atoms with van der Waals surface area (Å²) >= 11 is 0. The molecule has 0 aromatic carbocycles. The van der Waals surface area contributed by atoms with Gasteiger partial charge in [0.15, 0.2) is 0 Å². The van der Waals surface area contributed by atoms with E-state index in [1.165, 1.54) is 18.4 Å². The van der Waals surface area contributed by atoms with Gasteiger partial charge in [0.2, 0.25) is 0 Å². The van der Waals surface area contributed by atoms with Crippen LogP contribution in [0.2, 0.25) is 0 Å². The first-order valence-corrected chi connectivity index (χ1v) is 7.14. The van der Waals surface area contributed by atoms with E-state index >= 15 is 0 Å². The van der Waals surface area contributed by atoms with Crippen LogP contribution < -0.4 is 5.73 Å². The molecule has 0 saturated heterocycles. The van der Waals surface area contributed by atoms with Crippen LogP contribution in [0.5, 0.6) is 0 Å². The van der Waals surface area contributed by atoms with Crippen molar-refractivity contribution in [2.45, 2.75) is 52.1 Å². The summed E-state index contributed by atoms with van der Waals surface area (Å²) in [4.78, 5) is 6.59. The Bertz CT molecular complexity index is 313. The van der Waals surface area contributed by atoms with E-state index in [1.54, 1.807) is 0 Å². The Morgan fingerprint density at radius 3 is 2.39 bits per heavy atom. The van der Waals surface area contributed by atoms with Crippen LogP contribution in [0, 0.1) is 0 Å². The number of aromatic nitrogens is 1. The predicted molar refractivity (Wildman–Crippen MR) is 77.4 cm³/mol. The number of pyridine rings is 1. The number of nitrogens with two attached hydrogens (primary N) is 1. The first-order chi connectivity index (χ1) is 8.74. The van der Waals surface area contributed by atoms with E-state index in [-0.39, 0.29) is 6.04 Å². The zero-order valence-electron chi connectivity index (χ0n) is 12.0. The zero-order valence-corrected chi connectivity index (χ0v) is 12.0. The molecule has 0 saturated carbocycles. The summed E-state index contributed by atoms with van der Waals surface area (Å²) in [6, 6.07) is 4.68. The fourth-order valence-electron chi connectivity index (χ4n) is 2.37. The van der Waals surface area contributed by atoms with Crippen molar-refractivity contribution in [3.05, 3.63) is 30.1 Å². The summed E-state index contributed by atoms with van der Waals surface area (Å²) in [6.07, 6.45) is 7.17. The number of nitrogens with zero attached hydrogens (tertiary/aromatic N) is 2. The van der Waals surface area contributed by atoms with E-state index in [1.807, 2.05) is 12.4 Å². The van der Waals surface area contributed by atoms with E-state index in [0.717, 1.165) is 19.5 Å². The Labute approximate surface area is 111 Å². The van der Waals surface area contributed by atoms with Gasteiger partial charge in [-0.2, -0.15) is 0 Å². The van der Waals surface area contributed by atoms with E-state index in [0.29, 0.717) is 6.04 Å². The summed E-state index contributed by atoms with van der Waals surface area (Å²) in [5.41, 5.74) is 7.62. The van der Waals surface area contributed by atoms with Gasteiger partial charge in [-0.1, -0.05) is 27.2 Å². The van der Waals surface area contributed by atoms with Crippen LogP contribution in [-0.4, -0.2) is 29.0 Å². The standard InChI is InChI=1S/C15H27N3/c1-4-7-12-18(6-3)15(14(16)5-2)13-8-10-17-11-9-13/h8-11,14-15H,4-7,12,16H2,1-3H3. The van der Waals surface area contributed by atoms with E-state index < -0.39 is 0 Å². The summed E-state index contributed by atoms with van der Waals surface area (Å²) in [5.74, 6) is 0. The number of hydrogen-bond acceptors (Lipinski definition) is 3. The Hall–Kier alpha value is -0.930. The monoisotopic (exact) mass is 249 g/mol. The molecule has 18 heavy (non-hydrogen) atoms. The van der Waals surface area contributed by atoms with Crippen LogP contribution in [-0.2, 0) is 0 Å². The number of hydrogen-bond donors (Lipinski definition) is 1. The van der Waals surface area contributed by atoms with Crippen molar-refractivity contribution in [2.75, 3.05) is 13.1 Å². The van der Waals surface area contributed by atoms with Gasteiger partial charge >= 0.3 is 0 Å². The second-order valence-corrected chi connectivity index (χ2v) is 4.78. The van der Waals surface area contributed by atoms with Gasteiger partial charge in [-0.15, -0.1) is 0 Å². The lowest BCUT2D eigenvalue weighted by atomic mass is 9.97. The van der Waals surface area contributed by atoms with Gasteiger partial charge in [0.05, 0.1) is 0 Å². The van der Waals surface area contributed by atoms with Crippen LogP contribution >= 0.6 is 0 Å². The second-order valence-electron chi connectivity index (χ2n) is 4.78. The molecule has 1 aromatic heterocycles. The summed E-state index contributed by atoms with van der Waals surface area (Å²) in [6.45, 7) is 8.77. The van der Waals surface area contributed by atoms with E-state index in [2.05, 4.69) is 42.8 Å². The van der Waals surface area contributed by atoms with Crippen LogP contribution in [0.3, 0.4) is 0 Å². The average Bonchev–Trinajstić information content (AvgIpc) is 2.43. The van der Waals surface area contributed by atoms with Crippen LogP contribution in [0.15, 0.2) is 24.5 Å². The second kappa shape index (κ2) is 8.22. The van der Waals surface area contributed by atoms with Crippen molar-refractivity contribution in [3.63, 3.8) is 0 Å².